The van der Waals surface area contributed by atoms with Gasteiger partial charge >= 0.3 is 0 Å². The largest absolute Gasteiger partial charge is 0.369 e. The third kappa shape index (κ3) is 3.09. The second-order valence-corrected chi connectivity index (χ2v) is 7.10. The molecule has 1 N–H and O–H groups in total. The predicted octanol–water partition coefficient (Wildman–Crippen LogP) is 5.25. The Labute approximate surface area is 136 Å². The molecule has 0 saturated heterocycles. The number of rotatable bonds is 4. The molecule has 0 amide bonds. The Morgan fingerprint density at radius 2 is 2.05 bits per heavy atom. The fraction of sp³-hybridized carbons (Fsp3) is 0.250. The molecule has 0 bridgehead atoms. The highest BCUT2D eigenvalue weighted by atomic mass is 79.9. The smallest absolute Gasteiger partial charge is 0.172 e. The number of hydrogen-bond donors (Lipinski definition) is 1. The van der Waals surface area contributed by atoms with Crippen LogP contribution in [0.2, 0.25) is 0 Å². The average Bonchev–Trinajstić information content (AvgIpc) is 2.91. The van der Waals surface area contributed by atoms with Crippen molar-refractivity contribution in [1.29, 1.82) is 0 Å². The first-order valence-corrected chi connectivity index (χ1v) is 8.56. The minimum Gasteiger partial charge on any atom is -0.369 e. The molecule has 0 aliphatic heterocycles. The maximum absolute atomic E-state index is 4.73. The van der Waals surface area contributed by atoms with Gasteiger partial charge in [0, 0.05) is 21.3 Å². The zero-order chi connectivity index (χ0) is 14.8. The average molecular weight is 362 g/mol. The zero-order valence-electron chi connectivity index (χ0n) is 12.0. The normalized spacial score (nSPS) is 11.0. The summed E-state index contributed by atoms with van der Waals surface area (Å²) in [4.78, 5) is 11.8. The van der Waals surface area contributed by atoms with Crippen LogP contribution in [0.25, 0.3) is 21.6 Å². The lowest BCUT2D eigenvalue weighted by Crippen LogP contribution is -2.04. The van der Waals surface area contributed by atoms with Crippen LogP contribution in [0, 0.1) is 6.92 Å². The molecule has 0 aliphatic rings. The first-order valence-electron chi connectivity index (χ1n) is 6.95. The second-order valence-electron chi connectivity index (χ2n) is 4.89. The van der Waals surface area contributed by atoms with E-state index in [-0.39, 0.29) is 0 Å². The van der Waals surface area contributed by atoms with Crippen LogP contribution >= 0.6 is 27.3 Å². The van der Waals surface area contributed by atoms with E-state index in [1.165, 1.54) is 4.88 Å². The van der Waals surface area contributed by atoms with E-state index in [4.69, 9.17) is 9.97 Å². The summed E-state index contributed by atoms with van der Waals surface area (Å²) < 4.78 is 1.04. The number of benzene rings is 1. The molecule has 0 radical (unpaired) electrons. The number of thiophene rings is 1. The maximum atomic E-state index is 4.73. The fourth-order valence-electron chi connectivity index (χ4n) is 2.14. The Kier molecular flexibility index (Phi) is 4.22. The van der Waals surface area contributed by atoms with Crippen LogP contribution in [0.3, 0.4) is 0 Å². The number of anilines is 1. The summed E-state index contributed by atoms with van der Waals surface area (Å²) >= 11 is 5.24. The monoisotopic (exact) mass is 361 g/mol. The van der Waals surface area contributed by atoms with Gasteiger partial charge in [0.15, 0.2) is 5.82 Å². The molecule has 1 aromatic carbocycles. The number of nitrogens with zero attached hydrogens (tertiary/aromatic N) is 2. The van der Waals surface area contributed by atoms with Gasteiger partial charge in [-0.2, -0.15) is 0 Å². The Bertz CT molecular complexity index is 782. The van der Waals surface area contributed by atoms with Gasteiger partial charge in [-0.3, -0.25) is 0 Å². The zero-order valence-corrected chi connectivity index (χ0v) is 14.4. The summed E-state index contributed by atoms with van der Waals surface area (Å²) in [5, 5.41) is 4.46. The van der Waals surface area contributed by atoms with Crippen molar-refractivity contribution in [3.63, 3.8) is 0 Å². The number of hydrogen-bond acceptors (Lipinski definition) is 4. The predicted molar refractivity (Wildman–Crippen MR) is 94.1 cm³/mol. The van der Waals surface area contributed by atoms with Gasteiger partial charge in [0.2, 0.25) is 0 Å². The Balaban J connectivity index is 2.16. The molecule has 21 heavy (non-hydrogen) atoms. The summed E-state index contributed by atoms with van der Waals surface area (Å²) in [6, 6.07) is 10.3. The minimum absolute atomic E-state index is 0.793. The van der Waals surface area contributed by atoms with Gasteiger partial charge in [-0.15, -0.1) is 11.3 Å². The molecule has 2 heterocycles. The first kappa shape index (κ1) is 14.5. The fourth-order valence-corrected chi connectivity index (χ4v) is 3.31. The van der Waals surface area contributed by atoms with Crippen LogP contribution in [0.5, 0.6) is 0 Å². The third-order valence-electron chi connectivity index (χ3n) is 3.16. The van der Waals surface area contributed by atoms with E-state index in [1.54, 1.807) is 11.3 Å². The molecule has 3 rings (SSSR count). The van der Waals surface area contributed by atoms with Crippen molar-refractivity contribution in [3.05, 3.63) is 39.7 Å². The van der Waals surface area contributed by atoms with Crippen LogP contribution < -0.4 is 5.32 Å². The third-order valence-corrected chi connectivity index (χ3v) is 4.65. The van der Waals surface area contributed by atoms with E-state index in [1.807, 2.05) is 12.1 Å². The quantitative estimate of drug-likeness (QED) is 0.689. The van der Waals surface area contributed by atoms with Crippen LogP contribution in [0.4, 0.5) is 5.82 Å². The summed E-state index contributed by atoms with van der Waals surface area (Å²) in [5.74, 6) is 1.70. The van der Waals surface area contributed by atoms with Crippen LogP contribution in [0.1, 0.15) is 18.2 Å². The van der Waals surface area contributed by atoms with E-state index in [2.05, 4.69) is 53.3 Å². The van der Waals surface area contributed by atoms with Gasteiger partial charge in [-0.25, -0.2) is 9.97 Å². The molecule has 3 nitrogen and oxygen atoms in total. The van der Waals surface area contributed by atoms with Gasteiger partial charge in [0.1, 0.15) is 5.82 Å². The molecular formula is C16H16BrN3S. The second kappa shape index (κ2) is 6.12. The van der Waals surface area contributed by atoms with Crippen molar-refractivity contribution in [2.45, 2.75) is 20.3 Å². The number of halogens is 1. The number of aryl methyl sites for hydroxylation is 1. The first-order chi connectivity index (χ1) is 10.2. The molecule has 0 saturated carbocycles. The summed E-state index contributed by atoms with van der Waals surface area (Å²) in [5.41, 5.74) is 0.966. The van der Waals surface area contributed by atoms with E-state index >= 15 is 0 Å². The van der Waals surface area contributed by atoms with Crippen molar-refractivity contribution in [2.75, 3.05) is 11.9 Å². The molecule has 2 aromatic heterocycles. The van der Waals surface area contributed by atoms with Gasteiger partial charge in [-0.1, -0.05) is 22.9 Å². The lowest BCUT2D eigenvalue weighted by atomic mass is 10.2. The van der Waals surface area contributed by atoms with E-state index in [9.17, 15) is 0 Å². The molecule has 3 aromatic rings. The van der Waals surface area contributed by atoms with Crippen LogP contribution in [-0.4, -0.2) is 16.5 Å². The van der Waals surface area contributed by atoms with Gasteiger partial charge in [-0.05, 0) is 43.7 Å². The Hall–Kier alpha value is -1.46. The molecule has 0 aliphatic carbocycles. The molecule has 0 atom stereocenters. The molecule has 0 spiro atoms. The summed E-state index contributed by atoms with van der Waals surface area (Å²) in [6.07, 6.45) is 1.06. The highest BCUT2D eigenvalue weighted by Gasteiger charge is 2.11. The Morgan fingerprint density at radius 3 is 2.76 bits per heavy atom. The van der Waals surface area contributed by atoms with E-state index < -0.39 is 0 Å². The van der Waals surface area contributed by atoms with E-state index in [0.29, 0.717) is 0 Å². The topological polar surface area (TPSA) is 37.8 Å². The van der Waals surface area contributed by atoms with Crippen molar-refractivity contribution in [3.8, 4) is 10.7 Å². The highest BCUT2D eigenvalue weighted by Crippen LogP contribution is 2.30. The molecule has 108 valence electrons. The SMILES string of the molecule is CCCNc1nc(-c2ccc(C)s2)nc2ccc(Br)cc12. The van der Waals surface area contributed by atoms with E-state index in [0.717, 1.165) is 44.9 Å². The van der Waals surface area contributed by atoms with Crippen LogP contribution in [-0.2, 0) is 0 Å². The van der Waals surface area contributed by atoms with Crippen molar-refractivity contribution in [2.24, 2.45) is 0 Å². The lowest BCUT2D eigenvalue weighted by Gasteiger charge is -2.10. The number of aromatic nitrogens is 2. The van der Waals surface area contributed by atoms with Crippen molar-refractivity contribution >= 4 is 44.0 Å². The maximum Gasteiger partial charge on any atom is 0.172 e. The molecule has 0 fully saturated rings. The minimum atomic E-state index is 0.793. The molecular weight excluding hydrogens is 346 g/mol. The number of nitrogens with one attached hydrogen (secondary N) is 1. The summed E-state index contributed by atoms with van der Waals surface area (Å²) in [6.45, 7) is 5.15. The Morgan fingerprint density at radius 1 is 1.19 bits per heavy atom. The van der Waals surface area contributed by atoms with Gasteiger partial charge < -0.3 is 5.32 Å². The summed E-state index contributed by atoms with van der Waals surface area (Å²) in [7, 11) is 0. The standard InChI is InChI=1S/C16H16BrN3S/c1-3-8-18-15-12-9-11(17)5-6-13(12)19-16(20-15)14-7-4-10(2)21-14/h4-7,9H,3,8H2,1-2H3,(H,18,19,20). The van der Waals surface area contributed by atoms with Crippen molar-refractivity contribution < 1.29 is 0 Å². The van der Waals surface area contributed by atoms with Gasteiger partial charge in [0.05, 0.1) is 10.4 Å². The molecule has 0 unspecified atom stereocenters. The lowest BCUT2D eigenvalue weighted by molar-refractivity contribution is 0.970. The molecule has 5 heteroatoms. The van der Waals surface area contributed by atoms with Crippen LogP contribution in [0.15, 0.2) is 34.8 Å². The van der Waals surface area contributed by atoms with Crippen molar-refractivity contribution in [1.82, 2.24) is 9.97 Å². The number of fused-ring (bicyclic) bond motifs is 1. The van der Waals surface area contributed by atoms with Gasteiger partial charge in [0.25, 0.3) is 0 Å². The highest BCUT2D eigenvalue weighted by molar-refractivity contribution is 9.10.